The van der Waals surface area contributed by atoms with E-state index in [2.05, 4.69) is 32.1 Å². The van der Waals surface area contributed by atoms with E-state index in [4.69, 9.17) is 4.74 Å². The molecule has 0 heterocycles. The zero-order valence-corrected chi connectivity index (χ0v) is 21.1. The average Bonchev–Trinajstić information content (AvgIpc) is 2.88. The van der Waals surface area contributed by atoms with Crippen LogP contribution in [0.5, 0.6) is 5.75 Å². The van der Waals surface area contributed by atoms with Gasteiger partial charge in [-0.3, -0.25) is 0 Å². The molecule has 0 saturated heterocycles. The molecule has 1 fully saturated rings. The maximum absolute atomic E-state index is 10.0. The molecule has 3 nitrogen and oxygen atoms in total. The van der Waals surface area contributed by atoms with Crippen molar-refractivity contribution in [3.05, 3.63) is 53.1 Å². The molecule has 0 spiro atoms. The summed E-state index contributed by atoms with van der Waals surface area (Å²) in [5, 5.41) is 20.0. The van der Waals surface area contributed by atoms with Crippen LogP contribution in [0.2, 0.25) is 0 Å². The second-order valence-electron chi connectivity index (χ2n) is 9.82. The summed E-state index contributed by atoms with van der Waals surface area (Å²) in [7, 11) is 0. The first-order chi connectivity index (χ1) is 16.7. The second kappa shape index (κ2) is 13.8. The number of benzene rings is 2. The van der Waals surface area contributed by atoms with Crippen LogP contribution in [0.25, 0.3) is 11.1 Å². The minimum atomic E-state index is 0.390. The molecular formula is C31H40N2O. The summed E-state index contributed by atoms with van der Waals surface area (Å²) in [5.41, 5.74) is 3.95. The van der Waals surface area contributed by atoms with Crippen LogP contribution in [0, 0.1) is 28.6 Å². The molecule has 0 N–H and O–H groups in total. The molecule has 0 unspecified atom stereocenters. The highest BCUT2D eigenvalue weighted by atomic mass is 16.5. The van der Waals surface area contributed by atoms with Gasteiger partial charge in [0.1, 0.15) is 17.9 Å². The van der Waals surface area contributed by atoms with Gasteiger partial charge in [-0.05, 0) is 67.2 Å². The fraction of sp³-hybridized carbons (Fsp3) is 0.548. The highest BCUT2D eigenvalue weighted by molar-refractivity contribution is 5.75. The van der Waals surface area contributed by atoms with Gasteiger partial charge in [0.2, 0.25) is 0 Å². The molecule has 0 atom stereocenters. The van der Waals surface area contributed by atoms with Gasteiger partial charge < -0.3 is 4.74 Å². The first-order valence-electron chi connectivity index (χ1n) is 13.4. The zero-order valence-electron chi connectivity index (χ0n) is 21.1. The lowest BCUT2D eigenvalue weighted by molar-refractivity contribution is 0.301. The number of ether oxygens (including phenoxy) is 1. The van der Waals surface area contributed by atoms with Gasteiger partial charge in [0.05, 0.1) is 17.7 Å². The maximum Gasteiger partial charge on any atom is 0.119 e. The Morgan fingerprint density at radius 2 is 1.44 bits per heavy atom. The summed E-state index contributed by atoms with van der Waals surface area (Å²) >= 11 is 0. The predicted molar refractivity (Wildman–Crippen MR) is 140 cm³/mol. The van der Waals surface area contributed by atoms with E-state index in [0.29, 0.717) is 23.7 Å². The van der Waals surface area contributed by atoms with E-state index in [1.165, 1.54) is 51.4 Å². The molecule has 0 radical (unpaired) electrons. The van der Waals surface area contributed by atoms with Gasteiger partial charge in [0.25, 0.3) is 0 Å². The molecule has 34 heavy (non-hydrogen) atoms. The van der Waals surface area contributed by atoms with E-state index in [1.54, 1.807) is 0 Å². The van der Waals surface area contributed by atoms with Crippen LogP contribution >= 0.6 is 0 Å². The Kier molecular flexibility index (Phi) is 10.5. The normalized spacial score (nSPS) is 17.6. The molecule has 0 amide bonds. The average molecular weight is 457 g/mol. The fourth-order valence-electron chi connectivity index (χ4n) is 5.30. The minimum Gasteiger partial charge on any atom is -0.494 e. The van der Waals surface area contributed by atoms with E-state index < -0.39 is 0 Å². The fourth-order valence-corrected chi connectivity index (χ4v) is 5.30. The molecule has 0 aromatic heterocycles. The molecule has 1 saturated carbocycles. The molecule has 2 aromatic carbocycles. The van der Waals surface area contributed by atoms with Crippen LogP contribution in [0.3, 0.4) is 0 Å². The maximum atomic E-state index is 10.0. The van der Waals surface area contributed by atoms with Crippen molar-refractivity contribution in [2.24, 2.45) is 5.92 Å². The quantitative estimate of drug-likeness (QED) is 0.300. The second-order valence-corrected chi connectivity index (χ2v) is 9.82. The number of nitrogens with zero attached hydrogens (tertiary/aromatic N) is 2. The smallest absolute Gasteiger partial charge is 0.119 e. The summed E-state index contributed by atoms with van der Waals surface area (Å²) in [6.07, 6.45) is 15.0. The third-order valence-corrected chi connectivity index (χ3v) is 7.40. The van der Waals surface area contributed by atoms with Crippen molar-refractivity contribution >= 4 is 0 Å². The van der Waals surface area contributed by atoms with Crippen LogP contribution in [0.1, 0.15) is 114 Å². The van der Waals surface area contributed by atoms with Crippen LogP contribution in [0.4, 0.5) is 0 Å². The summed E-state index contributed by atoms with van der Waals surface area (Å²) in [6.45, 7) is 5.13. The number of unbranched alkanes of at least 4 members (excludes halogenated alkanes) is 5. The predicted octanol–water partition coefficient (Wildman–Crippen LogP) is 8.91. The standard InChI is InChI=1S/C31H40N2O/c1-3-5-7-8-9-10-24-11-13-25(14-12-24)28-19-20-29(31(23-33)30(28)22-32)26-15-17-27(18-16-26)34-21-6-4-2/h15-20,24-25H,3-14,21H2,1-2H3/t24-,25-. The SMILES string of the molecule is CCCCCCC[C@H]1CC[C@H](c2ccc(-c3ccc(OCCCC)cc3)c(C#N)c2C#N)CC1. The molecule has 1 aliphatic rings. The summed E-state index contributed by atoms with van der Waals surface area (Å²) in [5.74, 6) is 2.06. The van der Waals surface area contributed by atoms with Crippen LogP contribution in [0.15, 0.2) is 36.4 Å². The van der Waals surface area contributed by atoms with Crippen LogP contribution in [-0.4, -0.2) is 6.61 Å². The molecule has 2 aromatic rings. The summed E-state index contributed by atoms with van der Waals surface area (Å²) < 4.78 is 5.77. The van der Waals surface area contributed by atoms with Crippen molar-refractivity contribution in [2.45, 2.75) is 96.8 Å². The van der Waals surface area contributed by atoms with Crippen molar-refractivity contribution in [3.8, 4) is 29.0 Å². The summed E-state index contributed by atoms with van der Waals surface area (Å²) in [4.78, 5) is 0. The van der Waals surface area contributed by atoms with E-state index in [9.17, 15) is 10.5 Å². The Hall–Kier alpha value is -2.78. The van der Waals surface area contributed by atoms with Gasteiger partial charge in [-0.1, -0.05) is 83.1 Å². The van der Waals surface area contributed by atoms with Gasteiger partial charge in [-0.15, -0.1) is 0 Å². The Balaban J connectivity index is 1.68. The highest BCUT2D eigenvalue weighted by Gasteiger charge is 2.26. The molecule has 0 bridgehead atoms. The van der Waals surface area contributed by atoms with E-state index in [-0.39, 0.29) is 0 Å². The zero-order chi connectivity index (χ0) is 24.2. The van der Waals surface area contributed by atoms with Crippen molar-refractivity contribution in [1.82, 2.24) is 0 Å². The molecule has 3 heteroatoms. The van der Waals surface area contributed by atoms with Crippen molar-refractivity contribution in [3.63, 3.8) is 0 Å². The topological polar surface area (TPSA) is 56.8 Å². The number of hydrogen-bond donors (Lipinski definition) is 0. The molecule has 180 valence electrons. The monoisotopic (exact) mass is 456 g/mol. The summed E-state index contributed by atoms with van der Waals surface area (Å²) in [6, 6.07) is 16.8. The lowest BCUT2D eigenvalue weighted by Crippen LogP contribution is -2.15. The lowest BCUT2D eigenvalue weighted by atomic mass is 9.75. The van der Waals surface area contributed by atoms with Gasteiger partial charge in [0.15, 0.2) is 0 Å². The van der Waals surface area contributed by atoms with Gasteiger partial charge in [0, 0.05) is 5.56 Å². The number of nitriles is 2. The lowest BCUT2D eigenvalue weighted by Gasteiger charge is -2.29. The third-order valence-electron chi connectivity index (χ3n) is 7.40. The number of rotatable bonds is 12. The third kappa shape index (κ3) is 6.87. The van der Waals surface area contributed by atoms with Crippen molar-refractivity contribution in [1.29, 1.82) is 10.5 Å². The Morgan fingerprint density at radius 1 is 0.765 bits per heavy atom. The van der Waals surface area contributed by atoms with E-state index >= 15 is 0 Å². The first kappa shape index (κ1) is 25.8. The van der Waals surface area contributed by atoms with E-state index in [0.717, 1.165) is 54.0 Å². The molecule has 1 aliphatic carbocycles. The molecular weight excluding hydrogens is 416 g/mol. The van der Waals surface area contributed by atoms with Crippen LogP contribution < -0.4 is 4.74 Å². The molecule has 3 rings (SSSR count). The van der Waals surface area contributed by atoms with Gasteiger partial charge >= 0.3 is 0 Å². The highest BCUT2D eigenvalue weighted by Crippen LogP contribution is 2.41. The Labute approximate surface area is 206 Å². The number of hydrogen-bond acceptors (Lipinski definition) is 3. The molecule has 0 aliphatic heterocycles. The van der Waals surface area contributed by atoms with Gasteiger partial charge in [-0.25, -0.2) is 0 Å². The Bertz CT molecular complexity index is 972. The minimum absolute atomic E-state index is 0.390. The largest absolute Gasteiger partial charge is 0.494 e. The van der Waals surface area contributed by atoms with Crippen molar-refractivity contribution in [2.75, 3.05) is 6.61 Å². The van der Waals surface area contributed by atoms with Crippen LogP contribution in [-0.2, 0) is 0 Å². The van der Waals surface area contributed by atoms with Crippen molar-refractivity contribution < 1.29 is 4.74 Å². The van der Waals surface area contributed by atoms with E-state index in [1.807, 2.05) is 30.3 Å². The Morgan fingerprint density at radius 3 is 2.09 bits per heavy atom. The first-order valence-corrected chi connectivity index (χ1v) is 13.4. The van der Waals surface area contributed by atoms with Gasteiger partial charge in [-0.2, -0.15) is 10.5 Å².